The summed E-state index contributed by atoms with van der Waals surface area (Å²) in [6, 6.07) is 0. The minimum Gasteiger partial charge on any atom is -0.457 e. The SMILES string of the molecule is CN(CCO)CC(=O)OC(C)(C)C(=O)OC(C)(C)C. The lowest BCUT2D eigenvalue weighted by Crippen LogP contribution is -2.44. The Labute approximate surface area is 114 Å². The zero-order chi connectivity index (χ0) is 15.3. The molecule has 0 aromatic rings. The Bertz CT molecular complexity index is 319. The number of hydrogen-bond donors (Lipinski definition) is 1. The van der Waals surface area contributed by atoms with Gasteiger partial charge < -0.3 is 14.6 Å². The highest BCUT2D eigenvalue weighted by molar-refractivity contribution is 5.83. The second-order valence-corrected chi connectivity index (χ2v) is 5.95. The standard InChI is InChI=1S/C13H25NO5/c1-12(2,3)19-11(17)13(4,5)18-10(16)9-14(6)7-8-15/h15H,7-9H2,1-6H3. The first-order valence-electron chi connectivity index (χ1n) is 6.22. The highest BCUT2D eigenvalue weighted by Crippen LogP contribution is 2.17. The Morgan fingerprint density at radius 3 is 2.05 bits per heavy atom. The lowest BCUT2D eigenvalue weighted by Gasteiger charge is -2.28. The predicted molar refractivity (Wildman–Crippen MR) is 70.6 cm³/mol. The molecule has 0 fully saturated rings. The van der Waals surface area contributed by atoms with Crippen molar-refractivity contribution in [2.24, 2.45) is 0 Å². The van der Waals surface area contributed by atoms with Crippen LogP contribution in [0.15, 0.2) is 0 Å². The van der Waals surface area contributed by atoms with Crippen LogP contribution in [0.25, 0.3) is 0 Å². The number of nitrogens with zero attached hydrogens (tertiary/aromatic N) is 1. The molecule has 1 N–H and O–H groups in total. The van der Waals surface area contributed by atoms with Gasteiger partial charge in [-0.3, -0.25) is 9.69 Å². The second kappa shape index (κ2) is 6.86. The van der Waals surface area contributed by atoms with Crippen molar-refractivity contribution in [3.8, 4) is 0 Å². The van der Waals surface area contributed by atoms with E-state index in [1.54, 1.807) is 32.7 Å². The van der Waals surface area contributed by atoms with Gasteiger partial charge in [-0.2, -0.15) is 0 Å². The summed E-state index contributed by atoms with van der Waals surface area (Å²) in [5, 5.41) is 8.73. The number of aliphatic hydroxyl groups excluding tert-OH is 1. The molecule has 0 aliphatic heterocycles. The first-order chi connectivity index (χ1) is 8.48. The van der Waals surface area contributed by atoms with E-state index in [0.29, 0.717) is 6.54 Å². The van der Waals surface area contributed by atoms with E-state index in [4.69, 9.17) is 14.6 Å². The summed E-state index contributed by atoms with van der Waals surface area (Å²) in [5.41, 5.74) is -1.96. The van der Waals surface area contributed by atoms with Gasteiger partial charge in [0, 0.05) is 6.54 Å². The number of aliphatic hydroxyl groups is 1. The number of carbonyl (C=O) groups is 2. The van der Waals surface area contributed by atoms with Crippen molar-refractivity contribution in [2.45, 2.75) is 45.8 Å². The molecule has 0 bridgehead atoms. The van der Waals surface area contributed by atoms with Crippen LogP contribution in [0.4, 0.5) is 0 Å². The van der Waals surface area contributed by atoms with Crippen molar-refractivity contribution in [2.75, 3.05) is 26.7 Å². The summed E-state index contributed by atoms with van der Waals surface area (Å²) in [6.07, 6.45) is 0. The Hall–Kier alpha value is -1.14. The predicted octanol–water partition coefficient (Wildman–Crippen LogP) is 0.574. The third kappa shape index (κ3) is 7.79. The molecular weight excluding hydrogens is 250 g/mol. The number of rotatable bonds is 6. The maximum atomic E-state index is 11.9. The molecule has 0 aromatic carbocycles. The van der Waals surface area contributed by atoms with Crippen molar-refractivity contribution in [1.29, 1.82) is 0 Å². The van der Waals surface area contributed by atoms with Crippen LogP contribution in [-0.4, -0.2) is 59.9 Å². The van der Waals surface area contributed by atoms with Gasteiger partial charge in [-0.15, -0.1) is 0 Å². The van der Waals surface area contributed by atoms with Crippen molar-refractivity contribution >= 4 is 11.9 Å². The minimum atomic E-state index is -1.33. The van der Waals surface area contributed by atoms with E-state index in [0.717, 1.165) is 0 Å². The molecule has 0 rings (SSSR count). The van der Waals surface area contributed by atoms with Crippen LogP contribution < -0.4 is 0 Å². The quantitative estimate of drug-likeness (QED) is 0.714. The number of ether oxygens (including phenoxy) is 2. The fraction of sp³-hybridized carbons (Fsp3) is 0.846. The average Bonchev–Trinajstić information content (AvgIpc) is 2.13. The van der Waals surface area contributed by atoms with E-state index in [1.165, 1.54) is 13.8 Å². The second-order valence-electron chi connectivity index (χ2n) is 5.95. The van der Waals surface area contributed by atoms with E-state index >= 15 is 0 Å². The number of hydrogen-bond acceptors (Lipinski definition) is 6. The summed E-state index contributed by atoms with van der Waals surface area (Å²) in [7, 11) is 1.68. The van der Waals surface area contributed by atoms with Gasteiger partial charge in [0.1, 0.15) is 5.60 Å². The smallest absolute Gasteiger partial charge is 0.350 e. The van der Waals surface area contributed by atoms with Gasteiger partial charge >= 0.3 is 11.9 Å². The van der Waals surface area contributed by atoms with E-state index in [1.807, 2.05) is 0 Å². The largest absolute Gasteiger partial charge is 0.457 e. The Balaban J connectivity index is 4.43. The molecule has 6 nitrogen and oxygen atoms in total. The molecule has 0 radical (unpaired) electrons. The molecule has 0 aromatic heterocycles. The first kappa shape index (κ1) is 17.9. The molecule has 0 atom stereocenters. The molecule has 0 heterocycles. The van der Waals surface area contributed by atoms with Crippen LogP contribution in [0.2, 0.25) is 0 Å². The van der Waals surface area contributed by atoms with Crippen LogP contribution >= 0.6 is 0 Å². The van der Waals surface area contributed by atoms with Crippen molar-refractivity contribution in [3.63, 3.8) is 0 Å². The van der Waals surface area contributed by atoms with Gasteiger partial charge in [0.05, 0.1) is 13.2 Å². The highest BCUT2D eigenvalue weighted by Gasteiger charge is 2.36. The van der Waals surface area contributed by atoms with Crippen molar-refractivity contribution in [3.05, 3.63) is 0 Å². The fourth-order valence-corrected chi connectivity index (χ4v) is 1.23. The normalized spacial score (nSPS) is 12.4. The summed E-state index contributed by atoms with van der Waals surface area (Å²) in [6.45, 7) is 8.55. The van der Waals surface area contributed by atoms with Crippen LogP contribution in [0.3, 0.4) is 0 Å². The maximum absolute atomic E-state index is 11.9. The van der Waals surface area contributed by atoms with Gasteiger partial charge in [-0.1, -0.05) is 0 Å². The van der Waals surface area contributed by atoms with E-state index in [9.17, 15) is 9.59 Å². The highest BCUT2D eigenvalue weighted by atomic mass is 16.6. The summed E-state index contributed by atoms with van der Waals surface area (Å²) >= 11 is 0. The van der Waals surface area contributed by atoms with Crippen LogP contribution in [0, 0.1) is 0 Å². The van der Waals surface area contributed by atoms with Crippen molar-refractivity contribution in [1.82, 2.24) is 4.90 Å². The van der Waals surface area contributed by atoms with E-state index < -0.39 is 23.1 Å². The lowest BCUT2D eigenvalue weighted by molar-refractivity contribution is -0.186. The molecule has 0 saturated heterocycles. The first-order valence-corrected chi connectivity index (χ1v) is 6.22. The van der Waals surface area contributed by atoms with Gasteiger partial charge in [0.2, 0.25) is 5.60 Å². The molecule has 0 aliphatic carbocycles. The summed E-state index contributed by atoms with van der Waals surface area (Å²) < 4.78 is 10.3. The molecule has 0 aliphatic rings. The molecular formula is C13H25NO5. The average molecular weight is 275 g/mol. The summed E-state index contributed by atoms with van der Waals surface area (Å²) in [4.78, 5) is 25.1. The molecule has 112 valence electrons. The zero-order valence-electron chi connectivity index (χ0n) is 12.6. The number of carbonyl (C=O) groups excluding carboxylic acids is 2. The molecule has 0 amide bonds. The Kier molecular flexibility index (Phi) is 6.45. The van der Waals surface area contributed by atoms with Gasteiger partial charge in [-0.05, 0) is 41.7 Å². The maximum Gasteiger partial charge on any atom is 0.350 e. The third-order valence-electron chi connectivity index (χ3n) is 2.14. The van der Waals surface area contributed by atoms with Gasteiger partial charge in [0.15, 0.2) is 0 Å². The molecule has 19 heavy (non-hydrogen) atoms. The fourth-order valence-electron chi connectivity index (χ4n) is 1.23. The van der Waals surface area contributed by atoms with Crippen LogP contribution in [-0.2, 0) is 19.1 Å². The monoisotopic (exact) mass is 275 g/mol. The van der Waals surface area contributed by atoms with E-state index in [-0.39, 0.29) is 13.2 Å². The Morgan fingerprint density at radius 1 is 1.11 bits per heavy atom. The minimum absolute atomic E-state index is 0.00673. The lowest BCUT2D eigenvalue weighted by atomic mass is 10.1. The zero-order valence-corrected chi connectivity index (χ0v) is 12.6. The number of likely N-dealkylation sites (N-methyl/N-ethyl adjacent to an activating group) is 1. The molecule has 0 unspecified atom stereocenters. The third-order valence-corrected chi connectivity index (χ3v) is 2.14. The van der Waals surface area contributed by atoms with Crippen LogP contribution in [0.1, 0.15) is 34.6 Å². The molecule has 0 spiro atoms. The molecule has 6 heteroatoms. The van der Waals surface area contributed by atoms with Crippen molar-refractivity contribution < 1.29 is 24.2 Å². The van der Waals surface area contributed by atoms with Gasteiger partial charge in [-0.25, -0.2) is 4.79 Å². The topological polar surface area (TPSA) is 76.1 Å². The number of esters is 2. The molecule has 0 saturated carbocycles. The van der Waals surface area contributed by atoms with Crippen LogP contribution in [0.5, 0.6) is 0 Å². The van der Waals surface area contributed by atoms with Gasteiger partial charge in [0.25, 0.3) is 0 Å². The summed E-state index contributed by atoms with van der Waals surface area (Å²) in [5.74, 6) is -1.12. The Morgan fingerprint density at radius 2 is 1.63 bits per heavy atom. The van der Waals surface area contributed by atoms with E-state index in [2.05, 4.69) is 0 Å².